The molecule has 0 aliphatic rings. The molecule has 3 nitrogen and oxygen atoms in total. The van der Waals surface area contributed by atoms with Crippen molar-refractivity contribution in [2.45, 2.75) is 6.92 Å². The minimum Gasteiger partial charge on any atom is -0.422 e. The molecule has 2 aromatic rings. The fraction of sp³-hybridized carbons (Fsp3) is 0.0909. The summed E-state index contributed by atoms with van der Waals surface area (Å²) in [6, 6.07) is 7.34. The van der Waals surface area contributed by atoms with Gasteiger partial charge in [0.15, 0.2) is 0 Å². The van der Waals surface area contributed by atoms with Crippen LogP contribution in [0.25, 0.3) is 0 Å². The highest BCUT2D eigenvalue weighted by molar-refractivity contribution is 7.11. The molecule has 2 rings (SSSR count). The molecule has 0 aliphatic carbocycles. The predicted octanol–water partition coefficient (Wildman–Crippen LogP) is 2.67. The van der Waals surface area contributed by atoms with Crippen LogP contribution < -0.4 is 4.74 Å². The zero-order valence-electron chi connectivity index (χ0n) is 8.14. The summed E-state index contributed by atoms with van der Waals surface area (Å²) in [5, 5.41) is 0. The molecule has 76 valence electrons. The number of carbonyl (C=O) groups excluding carboxylic acids is 1. The molecule has 1 heterocycles. The van der Waals surface area contributed by atoms with Gasteiger partial charge in [-0.2, -0.15) is 0 Å². The van der Waals surface area contributed by atoms with E-state index in [1.54, 1.807) is 17.6 Å². The Bertz CT molecular complexity index is 448. The van der Waals surface area contributed by atoms with E-state index in [0.717, 1.165) is 5.56 Å². The Morgan fingerprint density at radius 3 is 2.67 bits per heavy atom. The summed E-state index contributed by atoms with van der Waals surface area (Å²) >= 11 is 1.27. The lowest BCUT2D eigenvalue weighted by molar-refractivity contribution is 0.0739. The van der Waals surface area contributed by atoms with Crippen molar-refractivity contribution in [2.24, 2.45) is 0 Å². The third kappa shape index (κ3) is 2.41. The Morgan fingerprint density at radius 2 is 2.07 bits per heavy atom. The molecular formula is C11H9NO2S. The van der Waals surface area contributed by atoms with Crippen LogP contribution in [-0.4, -0.2) is 11.0 Å². The molecule has 15 heavy (non-hydrogen) atoms. The highest BCUT2D eigenvalue weighted by Gasteiger charge is 2.09. The van der Waals surface area contributed by atoms with Crippen LogP contribution in [0.4, 0.5) is 0 Å². The number of rotatable bonds is 2. The van der Waals surface area contributed by atoms with Crippen LogP contribution in [0.5, 0.6) is 5.75 Å². The van der Waals surface area contributed by atoms with E-state index in [9.17, 15) is 4.79 Å². The molecule has 0 radical (unpaired) electrons. The summed E-state index contributed by atoms with van der Waals surface area (Å²) in [5.41, 5.74) is 2.73. The van der Waals surface area contributed by atoms with Gasteiger partial charge < -0.3 is 4.74 Å². The molecular weight excluding hydrogens is 210 g/mol. The first-order chi connectivity index (χ1) is 7.25. The van der Waals surface area contributed by atoms with Crippen LogP contribution in [0.3, 0.4) is 0 Å². The van der Waals surface area contributed by atoms with Crippen LogP contribution in [0.15, 0.2) is 36.0 Å². The topological polar surface area (TPSA) is 39.2 Å². The number of benzene rings is 1. The van der Waals surface area contributed by atoms with Gasteiger partial charge in [0.05, 0.1) is 11.7 Å². The van der Waals surface area contributed by atoms with E-state index >= 15 is 0 Å². The van der Waals surface area contributed by atoms with E-state index < -0.39 is 0 Å². The van der Waals surface area contributed by atoms with Gasteiger partial charge in [-0.15, -0.1) is 11.3 Å². The maximum Gasteiger partial charge on any atom is 0.355 e. The summed E-state index contributed by atoms with van der Waals surface area (Å²) in [4.78, 5) is 15.8. The average Bonchev–Trinajstić information content (AvgIpc) is 2.74. The summed E-state index contributed by atoms with van der Waals surface area (Å²) in [7, 11) is 0. The number of hydrogen-bond donors (Lipinski definition) is 0. The SMILES string of the molecule is Cc1ccc(OC(=O)c2cncs2)cc1. The Hall–Kier alpha value is -1.68. The molecule has 1 aromatic carbocycles. The van der Waals surface area contributed by atoms with Gasteiger partial charge in [0.2, 0.25) is 0 Å². The van der Waals surface area contributed by atoms with Crippen molar-refractivity contribution in [1.82, 2.24) is 4.98 Å². The summed E-state index contributed by atoms with van der Waals surface area (Å²) in [6.07, 6.45) is 1.50. The molecule has 0 amide bonds. The minimum absolute atomic E-state index is 0.360. The molecule has 1 aromatic heterocycles. The van der Waals surface area contributed by atoms with Crippen LogP contribution in [0.2, 0.25) is 0 Å². The monoisotopic (exact) mass is 219 g/mol. The third-order valence-electron chi connectivity index (χ3n) is 1.87. The average molecular weight is 219 g/mol. The third-order valence-corrected chi connectivity index (χ3v) is 2.62. The zero-order chi connectivity index (χ0) is 10.7. The van der Waals surface area contributed by atoms with Crippen molar-refractivity contribution in [3.05, 3.63) is 46.4 Å². The van der Waals surface area contributed by atoms with Crippen LogP contribution in [0.1, 0.15) is 15.2 Å². The fourth-order valence-electron chi connectivity index (χ4n) is 1.08. The first-order valence-corrected chi connectivity index (χ1v) is 5.31. The van der Waals surface area contributed by atoms with Crippen molar-refractivity contribution in [1.29, 1.82) is 0 Å². The summed E-state index contributed by atoms with van der Waals surface area (Å²) in [6.45, 7) is 1.98. The van der Waals surface area contributed by atoms with Crippen molar-refractivity contribution in [3.8, 4) is 5.75 Å². The van der Waals surface area contributed by atoms with E-state index in [0.29, 0.717) is 10.6 Å². The van der Waals surface area contributed by atoms with Gasteiger partial charge >= 0.3 is 5.97 Å². The lowest BCUT2D eigenvalue weighted by Crippen LogP contribution is -2.06. The van der Waals surface area contributed by atoms with E-state index in [2.05, 4.69) is 4.98 Å². The quantitative estimate of drug-likeness (QED) is 0.575. The first kappa shape index (κ1) is 9.86. The zero-order valence-corrected chi connectivity index (χ0v) is 8.95. The van der Waals surface area contributed by atoms with Crippen molar-refractivity contribution < 1.29 is 9.53 Å². The Morgan fingerprint density at radius 1 is 1.33 bits per heavy atom. The molecule has 0 saturated carbocycles. The summed E-state index contributed by atoms with van der Waals surface area (Å²) < 4.78 is 5.15. The molecule has 0 saturated heterocycles. The van der Waals surface area contributed by atoms with Gasteiger partial charge in [0.25, 0.3) is 0 Å². The standard InChI is InChI=1S/C11H9NO2S/c1-8-2-4-9(5-3-8)14-11(13)10-6-12-7-15-10/h2-7H,1H3. The Kier molecular flexibility index (Phi) is 2.78. The number of ether oxygens (including phenoxy) is 1. The molecule has 0 fully saturated rings. The first-order valence-electron chi connectivity index (χ1n) is 4.43. The lowest BCUT2D eigenvalue weighted by Gasteiger charge is -2.01. The molecule has 0 atom stereocenters. The number of thiazole rings is 1. The highest BCUT2D eigenvalue weighted by Crippen LogP contribution is 2.15. The number of nitrogens with zero attached hydrogens (tertiary/aromatic N) is 1. The summed E-state index contributed by atoms with van der Waals surface area (Å²) in [5.74, 6) is 0.195. The van der Waals surface area contributed by atoms with Crippen LogP contribution in [0, 0.1) is 6.92 Å². The van der Waals surface area contributed by atoms with Crippen LogP contribution >= 0.6 is 11.3 Å². The maximum absolute atomic E-state index is 11.5. The normalized spacial score (nSPS) is 9.93. The molecule has 0 bridgehead atoms. The van der Waals surface area contributed by atoms with Gasteiger partial charge in [0, 0.05) is 0 Å². The maximum atomic E-state index is 11.5. The van der Waals surface area contributed by atoms with Crippen molar-refractivity contribution in [3.63, 3.8) is 0 Å². The number of carbonyl (C=O) groups is 1. The molecule has 0 unspecified atom stereocenters. The second-order valence-corrected chi connectivity index (χ2v) is 3.95. The van der Waals surface area contributed by atoms with Crippen molar-refractivity contribution in [2.75, 3.05) is 0 Å². The number of esters is 1. The molecule has 0 aliphatic heterocycles. The predicted molar refractivity (Wildman–Crippen MR) is 58.3 cm³/mol. The molecule has 4 heteroatoms. The smallest absolute Gasteiger partial charge is 0.355 e. The van der Waals surface area contributed by atoms with Gasteiger partial charge in [-0.05, 0) is 19.1 Å². The van der Waals surface area contributed by atoms with Gasteiger partial charge in [0.1, 0.15) is 10.6 Å². The Labute approximate surface area is 91.4 Å². The highest BCUT2D eigenvalue weighted by atomic mass is 32.1. The van der Waals surface area contributed by atoms with E-state index in [4.69, 9.17) is 4.74 Å². The van der Waals surface area contributed by atoms with Gasteiger partial charge in [-0.25, -0.2) is 4.79 Å². The van der Waals surface area contributed by atoms with Gasteiger partial charge in [-0.3, -0.25) is 4.98 Å². The molecule has 0 spiro atoms. The number of aromatic nitrogens is 1. The van der Waals surface area contributed by atoms with Crippen LogP contribution in [-0.2, 0) is 0 Å². The van der Waals surface area contributed by atoms with E-state index in [1.807, 2.05) is 19.1 Å². The van der Waals surface area contributed by atoms with E-state index in [-0.39, 0.29) is 5.97 Å². The lowest BCUT2D eigenvalue weighted by atomic mass is 10.2. The minimum atomic E-state index is -0.360. The van der Waals surface area contributed by atoms with E-state index in [1.165, 1.54) is 17.5 Å². The van der Waals surface area contributed by atoms with Gasteiger partial charge in [-0.1, -0.05) is 17.7 Å². The molecule has 0 N–H and O–H groups in total. The second kappa shape index (κ2) is 4.23. The largest absolute Gasteiger partial charge is 0.422 e. The fourth-order valence-corrected chi connectivity index (χ4v) is 1.58. The van der Waals surface area contributed by atoms with Crippen molar-refractivity contribution >= 4 is 17.3 Å². The number of aryl methyl sites for hydroxylation is 1. The Balaban J connectivity index is 2.09. The number of hydrogen-bond acceptors (Lipinski definition) is 4. The second-order valence-electron chi connectivity index (χ2n) is 3.07.